The van der Waals surface area contributed by atoms with Crippen LogP contribution in [0.3, 0.4) is 0 Å². The van der Waals surface area contributed by atoms with Crippen LogP contribution in [0.5, 0.6) is 0 Å². The van der Waals surface area contributed by atoms with Crippen LogP contribution in [0.25, 0.3) is 0 Å². The van der Waals surface area contributed by atoms with Gasteiger partial charge in [-0.15, -0.1) is 12.6 Å². The van der Waals surface area contributed by atoms with E-state index in [0.717, 1.165) is 24.2 Å². The molecular weight excluding hydrogens is 530 g/mol. The Balaban J connectivity index is 0.000000187. The summed E-state index contributed by atoms with van der Waals surface area (Å²) in [5, 5.41) is 10.7. The highest BCUT2D eigenvalue weighted by Crippen LogP contribution is 2.58. The molecule has 4 aliphatic carbocycles. The van der Waals surface area contributed by atoms with Gasteiger partial charge in [0.2, 0.25) is 0 Å². The van der Waals surface area contributed by atoms with Gasteiger partial charge in [0, 0.05) is 20.6 Å². The monoisotopic (exact) mass is 558 g/mol. The van der Waals surface area contributed by atoms with E-state index in [9.17, 15) is 27.1 Å². The van der Waals surface area contributed by atoms with Gasteiger partial charge in [-0.2, -0.15) is 17.2 Å². The van der Waals surface area contributed by atoms with Gasteiger partial charge in [-0.05, 0) is 86.3 Å². The predicted molar refractivity (Wildman–Crippen MR) is 134 cm³/mol. The minimum Gasteiger partial charge on any atom is -0.433 e. The second kappa shape index (κ2) is 11.3. The fourth-order valence-corrected chi connectivity index (χ4v) is 7.14. The Labute approximate surface area is 219 Å². The van der Waals surface area contributed by atoms with E-state index >= 15 is 0 Å². The van der Waals surface area contributed by atoms with E-state index in [2.05, 4.69) is 57.9 Å². The van der Waals surface area contributed by atoms with Crippen LogP contribution >= 0.6 is 24.4 Å². The average molecular weight is 559 g/mol. The molecule has 4 bridgehead atoms. The van der Waals surface area contributed by atoms with Crippen LogP contribution in [0.1, 0.15) is 32.1 Å². The molecule has 2 aromatic carbocycles. The summed E-state index contributed by atoms with van der Waals surface area (Å²) in [6.07, 6.45) is 2.67. The van der Waals surface area contributed by atoms with Crippen molar-refractivity contribution in [2.45, 2.75) is 58.1 Å². The molecule has 4 aliphatic rings. The SMILES string of the molecule is O=C(OCC1C2CC3CC(C2)CC1(O)C3)OS(=O)(=O)C(F)F.Sc1ccc(Sc2ccccc2)cc1. The first-order valence-electron chi connectivity index (χ1n) is 11.7. The summed E-state index contributed by atoms with van der Waals surface area (Å²) in [5.74, 6) is -2.89. The number of carbonyl (C=O) groups excluding carboxylic acids is 1. The van der Waals surface area contributed by atoms with Crippen molar-refractivity contribution in [1.82, 2.24) is 0 Å². The van der Waals surface area contributed by atoms with E-state index in [-0.39, 0.29) is 18.4 Å². The summed E-state index contributed by atoms with van der Waals surface area (Å²) in [7, 11) is -5.26. The molecule has 3 unspecified atom stereocenters. The van der Waals surface area contributed by atoms with Crippen LogP contribution in [0, 0.1) is 23.7 Å². The zero-order valence-electron chi connectivity index (χ0n) is 19.3. The third-order valence-electron chi connectivity index (χ3n) is 7.08. The molecule has 4 fully saturated rings. The van der Waals surface area contributed by atoms with Crippen LogP contribution in [-0.2, 0) is 19.0 Å². The van der Waals surface area contributed by atoms with Gasteiger partial charge in [0.05, 0.1) is 5.60 Å². The Morgan fingerprint density at radius 2 is 1.61 bits per heavy atom. The lowest BCUT2D eigenvalue weighted by molar-refractivity contribution is -0.182. The van der Waals surface area contributed by atoms with Crippen LogP contribution in [-0.4, -0.2) is 37.6 Å². The van der Waals surface area contributed by atoms with Crippen molar-refractivity contribution in [3.05, 3.63) is 54.6 Å². The zero-order chi connectivity index (χ0) is 25.9. The Morgan fingerprint density at radius 3 is 2.17 bits per heavy atom. The largest absolute Gasteiger partial charge is 0.524 e. The molecule has 0 aliphatic heterocycles. The first-order valence-corrected chi connectivity index (χ1v) is 14.4. The highest BCUT2D eigenvalue weighted by atomic mass is 32.2. The van der Waals surface area contributed by atoms with Crippen molar-refractivity contribution >= 4 is 40.7 Å². The number of hydrogen-bond donors (Lipinski definition) is 2. The van der Waals surface area contributed by atoms with Crippen molar-refractivity contribution in [2.75, 3.05) is 6.61 Å². The first-order chi connectivity index (χ1) is 17.0. The minimum atomic E-state index is -5.26. The summed E-state index contributed by atoms with van der Waals surface area (Å²) < 4.78 is 54.1. The second-order valence-corrected chi connectivity index (χ2v) is 12.8. The number of hydrogen-bond acceptors (Lipinski definition) is 8. The van der Waals surface area contributed by atoms with Crippen LogP contribution < -0.4 is 0 Å². The number of ether oxygens (including phenoxy) is 1. The first kappa shape index (κ1) is 27.2. The van der Waals surface area contributed by atoms with Gasteiger partial charge in [-0.25, -0.2) is 4.79 Å². The number of benzene rings is 2. The Kier molecular flexibility index (Phi) is 8.53. The van der Waals surface area contributed by atoms with Gasteiger partial charge in [-0.3, -0.25) is 0 Å². The van der Waals surface area contributed by atoms with Crippen LogP contribution in [0.4, 0.5) is 13.6 Å². The number of thiol groups is 1. The lowest BCUT2D eigenvalue weighted by atomic mass is 9.50. The van der Waals surface area contributed by atoms with Gasteiger partial charge in [-0.1, -0.05) is 30.0 Å². The number of halogens is 2. The molecule has 0 radical (unpaired) electrons. The molecule has 36 heavy (non-hydrogen) atoms. The average Bonchev–Trinajstić information content (AvgIpc) is 2.80. The van der Waals surface area contributed by atoms with E-state index < -0.39 is 27.6 Å². The van der Waals surface area contributed by atoms with Gasteiger partial charge in [0.15, 0.2) is 0 Å². The summed E-state index contributed by atoms with van der Waals surface area (Å²) in [4.78, 5) is 14.8. The number of alkyl halides is 2. The molecule has 0 aromatic heterocycles. The lowest BCUT2D eigenvalue weighted by Crippen LogP contribution is -2.58. The molecule has 4 saturated carbocycles. The van der Waals surface area contributed by atoms with Crippen molar-refractivity contribution in [3.63, 3.8) is 0 Å². The smallest absolute Gasteiger partial charge is 0.433 e. The third kappa shape index (κ3) is 6.73. The van der Waals surface area contributed by atoms with E-state index in [1.54, 1.807) is 11.8 Å². The van der Waals surface area contributed by atoms with Crippen molar-refractivity contribution in [3.8, 4) is 0 Å². The second-order valence-electron chi connectivity index (χ2n) is 9.62. The highest BCUT2D eigenvalue weighted by molar-refractivity contribution is 7.99. The summed E-state index contributed by atoms with van der Waals surface area (Å²) in [6.45, 7) is -0.210. The maximum Gasteiger partial charge on any atom is 0.524 e. The lowest BCUT2D eigenvalue weighted by Gasteiger charge is -2.58. The Hall–Kier alpha value is -1.82. The molecule has 0 heterocycles. The minimum absolute atomic E-state index is 0.210. The third-order valence-corrected chi connectivity index (χ3v) is 9.20. The molecule has 196 valence electrons. The zero-order valence-corrected chi connectivity index (χ0v) is 21.9. The van der Waals surface area contributed by atoms with Crippen molar-refractivity contribution in [1.29, 1.82) is 0 Å². The molecule has 0 saturated heterocycles. The molecular formula is C25H28F2O6S3. The molecule has 6 rings (SSSR count). The molecule has 0 amide bonds. The normalized spacial score (nSPS) is 28.4. The molecule has 0 spiro atoms. The number of rotatable bonds is 6. The molecule has 2 aromatic rings. The topological polar surface area (TPSA) is 89.9 Å². The summed E-state index contributed by atoms with van der Waals surface area (Å²) in [6, 6.07) is 18.5. The number of carbonyl (C=O) groups is 1. The summed E-state index contributed by atoms with van der Waals surface area (Å²) in [5.41, 5.74) is -0.906. The van der Waals surface area contributed by atoms with Gasteiger partial charge in [0.1, 0.15) is 6.61 Å². The van der Waals surface area contributed by atoms with E-state index in [1.165, 1.54) is 9.79 Å². The highest BCUT2D eigenvalue weighted by Gasteiger charge is 2.56. The fraction of sp³-hybridized carbons (Fsp3) is 0.480. The van der Waals surface area contributed by atoms with Gasteiger partial charge >= 0.3 is 22.0 Å². The van der Waals surface area contributed by atoms with E-state index in [1.807, 2.05) is 18.2 Å². The van der Waals surface area contributed by atoms with Gasteiger partial charge < -0.3 is 14.0 Å². The van der Waals surface area contributed by atoms with Crippen molar-refractivity contribution < 1.29 is 36.0 Å². The Morgan fingerprint density at radius 1 is 1.03 bits per heavy atom. The molecule has 1 N–H and O–H groups in total. The maximum absolute atomic E-state index is 12.1. The maximum atomic E-state index is 12.1. The van der Waals surface area contributed by atoms with E-state index in [4.69, 9.17) is 0 Å². The quantitative estimate of drug-likeness (QED) is 0.255. The van der Waals surface area contributed by atoms with E-state index in [0.29, 0.717) is 24.7 Å². The van der Waals surface area contributed by atoms with Crippen LogP contribution in [0.2, 0.25) is 0 Å². The molecule has 11 heteroatoms. The fourth-order valence-electron chi connectivity index (χ4n) is 5.85. The van der Waals surface area contributed by atoms with Crippen molar-refractivity contribution in [2.24, 2.45) is 23.7 Å². The molecule has 3 atom stereocenters. The van der Waals surface area contributed by atoms with Gasteiger partial charge in [0.25, 0.3) is 0 Å². The standard InChI is InChI=1S/C13H18F2O6S.C12H10S2/c14-11(15)22(18,19)21-12(16)20-6-10-9-2-7-1-8(3-9)5-13(10,17)4-7;13-10-6-8-12(9-7-10)14-11-4-2-1-3-5-11/h7-11,17H,1-6H2;1-9,13H. The molecule has 6 nitrogen and oxygen atoms in total. The van der Waals surface area contributed by atoms with Crippen LogP contribution in [0.15, 0.2) is 69.3 Å². The Bertz CT molecular complexity index is 1130. The predicted octanol–water partition coefficient (Wildman–Crippen LogP) is 6.01. The number of aliphatic hydroxyl groups is 1. The summed E-state index contributed by atoms with van der Waals surface area (Å²) >= 11 is 6.01.